The SMILES string of the molecule is Cc1cccc(C2CC(NC3CCCSC3)C2)c1. The Balaban J connectivity index is 1.48. The average Bonchev–Trinajstić information content (AvgIpc) is 2.34. The molecule has 1 aliphatic heterocycles. The summed E-state index contributed by atoms with van der Waals surface area (Å²) in [6, 6.07) is 10.6. The van der Waals surface area contributed by atoms with Crippen molar-refractivity contribution in [3.05, 3.63) is 35.4 Å². The fourth-order valence-electron chi connectivity index (χ4n) is 3.16. The highest BCUT2D eigenvalue weighted by Gasteiger charge is 2.31. The van der Waals surface area contributed by atoms with Crippen LogP contribution in [0.15, 0.2) is 24.3 Å². The lowest BCUT2D eigenvalue weighted by molar-refractivity contribution is 0.265. The number of aryl methyl sites for hydroxylation is 1. The third-order valence-electron chi connectivity index (χ3n) is 4.28. The molecule has 1 aromatic rings. The number of rotatable bonds is 3. The summed E-state index contributed by atoms with van der Waals surface area (Å²) in [5.41, 5.74) is 2.94. The van der Waals surface area contributed by atoms with Crippen LogP contribution >= 0.6 is 11.8 Å². The summed E-state index contributed by atoms with van der Waals surface area (Å²) in [4.78, 5) is 0. The van der Waals surface area contributed by atoms with E-state index in [4.69, 9.17) is 0 Å². The second kappa shape index (κ2) is 5.66. The van der Waals surface area contributed by atoms with E-state index in [1.807, 2.05) is 0 Å². The lowest BCUT2D eigenvalue weighted by atomic mass is 9.75. The molecule has 0 spiro atoms. The molecule has 3 rings (SSSR count). The molecule has 2 aliphatic rings. The minimum Gasteiger partial charge on any atom is -0.310 e. The van der Waals surface area contributed by atoms with Gasteiger partial charge in [-0.25, -0.2) is 0 Å². The van der Waals surface area contributed by atoms with Gasteiger partial charge < -0.3 is 5.32 Å². The number of hydrogen-bond donors (Lipinski definition) is 1. The first-order chi connectivity index (χ1) is 8.81. The Morgan fingerprint density at radius 2 is 2.11 bits per heavy atom. The molecule has 1 aliphatic carbocycles. The Hall–Kier alpha value is -0.470. The van der Waals surface area contributed by atoms with E-state index in [-0.39, 0.29) is 0 Å². The monoisotopic (exact) mass is 261 g/mol. The standard InChI is InChI=1S/C16H23NS/c1-12-4-2-5-13(8-12)14-9-16(10-14)17-15-6-3-7-18-11-15/h2,4-5,8,14-17H,3,6-7,9-11H2,1H3. The molecule has 1 aromatic carbocycles. The fraction of sp³-hybridized carbons (Fsp3) is 0.625. The van der Waals surface area contributed by atoms with Crippen LogP contribution in [-0.4, -0.2) is 23.6 Å². The molecule has 1 saturated heterocycles. The highest BCUT2D eigenvalue weighted by molar-refractivity contribution is 7.99. The van der Waals surface area contributed by atoms with E-state index in [0.29, 0.717) is 0 Å². The van der Waals surface area contributed by atoms with Gasteiger partial charge in [-0.1, -0.05) is 29.8 Å². The summed E-state index contributed by atoms with van der Waals surface area (Å²) in [6.07, 6.45) is 5.46. The van der Waals surface area contributed by atoms with Crippen LogP contribution < -0.4 is 5.32 Å². The molecule has 1 nitrogen and oxygen atoms in total. The molecule has 1 unspecified atom stereocenters. The van der Waals surface area contributed by atoms with Crippen LogP contribution in [-0.2, 0) is 0 Å². The fourth-order valence-corrected chi connectivity index (χ4v) is 4.24. The molecule has 1 N–H and O–H groups in total. The minimum atomic E-state index is 0.777. The highest BCUT2D eigenvalue weighted by Crippen LogP contribution is 2.37. The van der Waals surface area contributed by atoms with Gasteiger partial charge in [-0.3, -0.25) is 0 Å². The lowest BCUT2D eigenvalue weighted by Crippen LogP contribution is -2.47. The maximum absolute atomic E-state index is 3.85. The van der Waals surface area contributed by atoms with Gasteiger partial charge in [0.1, 0.15) is 0 Å². The predicted molar refractivity (Wildman–Crippen MR) is 80.4 cm³/mol. The zero-order valence-corrected chi connectivity index (χ0v) is 12.0. The normalized spacial score (nSPS) is 31.9. The molecule has 0 bridgehead atoms. The van der Waals surface area contributed by atoms with Gasteiger partial charge in [-0.05, 0) is 49.8 Å². The maximum atomic E-state index is 3.85. The lowest BCUT2D eigenvalue weighted by Gasteiger charge is -2.39. The first kappa shape index (κ1) is 12.6. The van der Waals surface area contributed by atoms with Crippen molar-refractivity contribution in [1.29, 1.82) is 0 Å². The van der Waals surface area contributed by atoms with Crippen molar-refractivity contribution >= 4 is 11.8 Å². The number of nitrogens with one attached hydrogen (secondary N) is 1. The summed E-state index contributed by atoms with van der Waals surface area (Å²) in [5, 5.41) is 3.85. The van der Waals surface area contributed by atoms with Gasteiger partial charge in [-0.2, -0.15) is 11.8 Å². The third kappa shape index (κ3) is 2.92. The van der Waals surface area contributed by atoms with Crippen molar-refractivity contribution < 1.29 is 0 Å². The topological polar surface area (TPSA) is 12.0 Å². The van der Waals surface area contributed by atoms with E-state index < -0.39 is 0 Å². The molecule has 1 saturated carbocycles. The number of thioether (sulfide) groups is 1. The van der Waals surface area contributed by atoms with E-state index >= 15 is 0 Å². The first-order valence-electron chi connectivity index (χ1n) is 7.21. The van der Waals surface area contributed by atoms with E-state index in [1.54, 1.807) is 5.56 Å². The first-order valence-corrected chi connectivity index (χ1v) is 8.37. The molecule has 98 valence electrons. The summed E-state index contributed by atoms with van der Waals surface area (Å²) in [7, 11) is 0. The van der Waals surface area contributed by atoms with E-state index in [9.17, 15) is 0 Å². The van der Waals surface area contributed by atoms with Crippen molar-refractivity contribution in [1.82, 2.24) is 5.32 Å². The second-order valence-corrected chi connectivity index (χ2v) is 7.01. The van der Waals surface area contributed by atoms with Crippen molar-refractivity contribution in [3.8, 4) is 0 Å². The minimum absolute atomic E-state index is 0.777. The largest absolute Gasteiger partial charge is 0.310 e. The van der Waals surface area contributed by atoms with Crippen molar-refractivity contribution in [3.63, 3.8) is 0 Å². The van der Waals surface area contributed by atoms with Gasteiger partial charge >= 0.3 is 0 Å². The second-order valence-electron chi connectivity index (χ2n) is 5.86. The van der Waals surface area contributed by atoms with Crippen LogP contribution in [0.3, 0.4) is 0 Å². The summed E-state index contributed by atoms with van der Waals surface area (Å²) >= 11 is 2.12. The highest BCUT2D eigenvalue weighted by atomic mass is 32.2. The van der Waals surface area contributed by atoms with E-state index in [2.05, 4.69) is 48.3 Å². The Morgan fingerprint density at radius 1 is 1.22 bits per heavy atom. The molecule has 0 aromatic heterocycles. The van der Waals surface area contributed by atoms with Gasteiger partial charge in [0.05, 0.1) is 0 Å². The van der Waals surface area contributed by atoms with Gasteiger partial charge in [0, 0.05) is 17.8 Å². The van der Waals surface area contributed by atoms with E-state index in [1.165, 1.54) is 42.8 Å². The Bertz CT molecular complexity index is 392. The number of benzene rings is 1. The molecule has 0 radical (unpaired) electrons. The summed E-state index contributed by atoms with van der Waals surface area (Å²) < 4.78 is 0. The summed E-state index contributed by atoms with van der Waals surface area (Å²) in [5.74, 6) is 3.50. The third-order valence-corrected chi connectivity index (χ3v) is 5.50. The Kier molecular flexibility index (Phi) is 3.95. The quantitative estimate of drug-likeness (QED) is 0.890. The van der Waals surface area contributed by atoms with Crippen LogP contribution in [0.25, 0.3) is 0 Å². The Labute approximate surface area is 115 Å². The molecule has 1 atom stereocenters. The molecular formula is C16H23NS. The van der Waals surface area contributed by atoms with Gasteiger partial charge in [0.2, 0.25) is 0 Å². The zero-order valence-electron chi connectivity index (χ0n) is 11.2. The molecule has 2 heteroatoms. The molecule has 1 heterocycles. The van der Waals surface area contributed by atoms with Crippen LogP contribution in [0.1, 0.15) is 42.7 Å². The van der Waals surface area contributed by atoms with Gasteiger partial charge in [0.15, 0.2) is 0 Å². The van der Waals surface area contributed by atoms with Crippen LogP contribution in [0.5, 0.6) is 0 Å². The van der Waals surface area contributed by atoms with Crippen molar-refractivity contribution in [2.75, 3.05) is 11.5 Å². The average molecular weight is 261 g/mol. The van der Waals surface area contributed by atoms with Crippen molar-refractivity contribution in [2.24, 2.45) is 0 Å². The molecule has 2 fully saturated rings. The van der Waals surface area contributed by atoms with Crippen LogP contribution in [0.4, 0.5) is 0 Å². The Morgan fingerprint density at radius 3 is 2.83 bits per heavy atom. The summed E-state index contributed by atoms with van der Waals surface area (Å²) in [6.45, 7) is 2.19. The molecule has 0 amide bonds. The number of hydrogen-bond acceptors (Lipinski definition) is 2. The van der Waals surface area contributed by atoms with Gasteiger partial charge in [-0.15, -0.1) is 0 Å². The maximum Gasteiger partial charge on any atom is 0.0161 e. The van der Waals surface area contributed by atoms with Crippen molar-refractivity contribution in [2.45, 2.75) is 50.6 Å². The van der Waals surface area contributed by atoms with E-state index in [0.717, 1.165) is 18.0 Å². The van der Waals surface area contributed by atoms with Crippen LogP contribution in [0, 0.1) is 6.92 Å². The van der Waals surface area contributed by atoms with Crippen LogP contribution in [0.2, 0.25) is 0 Å². The molecule has 18 heavy (non-hydrogen) atoms. The molecular weight excluding hydrogens is 238 g/mol. The van der Waals surface area contributed by atoms with Gasteiger partial charge in [0.25, 0.3) is 0 Å². The zero-order chi connectivity index (χ0) is 12.4. The smallest absolute Gasteiger partial charge is 0.0161 e. The predicted octanol–water partition coefficient (Wildman–Crippen LogP) is 3.73.